The van der Waals surface area contributed by atoms with Crippen molar-refractivity contribution in [1.82, 2.24) is 31.2 Å². The number of H-pyrrole nitrogens is 1. The third kappa shape index (κ3) is 6.09. The minimum absolute atomic E-state index is 0.0402. The van der Waals surface area contributed by atoms with Gasteiger partial charge in [-0.05, 0) is 41.7 Å². The monoisotopic (exact) mass is 528 g/mol. The summed E-state index contributed by atoms with van der Waals surface area (Å²) in [5, 5.41) is 14.3. The van der Waals surface area contributed by atoms with Crippen LogP contribution in [0.15, 0.2) is 83.8 Å². The molecule has 5 rings (SSSR count). The highest BCUT2D eigenvalue weighted by molar-refractivity contribution is 7.80. The number of carbonyl (C=O) groups excluding carboxylic acids is 1. The van der Waals surface area contributed by atoms with Crippen molar-refractivity contribution in [3.05, 3.63) is 95.0 Å². The minimum atomic E-state index is -0.214. The lowest BCUT2D eigenvalue weighted by atomic mass is 9.93. The highest BCUT2D eigenvalue weighted by Gasteiger charge is 2.28. The Hall–Kier alpha value is -3.62. The van der Waals surface area contributed by atoms with Gasteiger partial charge in [0, 0.05) is 61.8 Å². The van der Waals surface area contributed by atoms with Crippen LogP contribution in [0.3, 0.4) is 0 Å². The molecule has 1 fully saturated rings. The van der Waals surface area contributed by atoms with E-state index in [1.165, 1.54) is 16.5 Å². The Labute approximate surface area is 229 Å². The van der Waals surface area contributed by atoms with Crippen LogP contribution in [-0.4, -0.2) is 59.7 Å². The van der Waals surface area contributed by atoms with Gasteiger partial charge in [0.05, 0.1) is 6.04 Å². The fourth-order valence-electron chi connectivity index (χ4n) is 5.17. The number of hydrogen-bond acceptors (Lipinski definition) is 4. The van der Waals surface area contributed by atoms with Crippen LogP contribution in [0.2, 0.25) is 0 Å². The maximum Gasteiger partial charge on any atom is 0.320 e. The molecule has 2 aliphatic rings. The Balaban J connectivity index is 1.32. The van der Waals surface area contributed by atoms with E-state index in [1.807, 2.05) is 36.5 Å². The zero-order valence-electron chi connectivity index (χ0n) is 21.8. The fraction of sp³-hybridized carbons (Fsp3) is 0.333. The second kappa shape index (κ2) is 12.3. The van der Waals surface area contributed by atoms with Gasteiger partial charge in [-0.1, -0.05) is 67.7 Å². The molecule has 0 aliphatic carbocycles. The van der Waals surface area contributed by atoms with Crippen molar-refractivity contribution in [3.63, 3.8) is 0 Å². The first-order valence-electron chi connectivity index (χ1n) is 13.5. The largest absolute Gasteiger partial charge is 0.364 e. The fourth-order valence-corrected chi connectivity index (χ4v) is 5.55. The summed E-state index contributed by atoms with van der Waals surface area (Å²) < 4.78 is 0. The lowest BCUT2D eigenvalue weighted by Gasteiger charge is -2.36. The third-order valence-electron chi connectivity index (χ3n) is 7.23. The molecular formula is C30H36N6OS. The molecule has 38 heavy (non-hydrogen) atoms. The van der Waals surface area contributed by atoms with E-state index in [9.17, 15) is 4.79 Å². The number of dihydropyridines is 1. The molecule has 0 bridgehead atoms. The van der Waals surface area contributed by atoms with Crippen molar-refractivity contribution in [2.45, 2.75) is 32.2 Å². The first-order valence-corrected chi connectivity index (χ1v) is 13.9. The van der Waals surface area contributed by atoms with Gasteiger partial charge in [-0.3, -0.25) is 5.32 Å². The number of fused-ring (bicyclic) bond motifs is 1. The number of carbonyl (C=O) groups is 1. The van der Waals surface area contributed by atoms with E-state index in [4.69, 9.17) is 12.2 Å². The smallest absolute Gasteiger partial charge is 0.320 e. The van der Waals surface area contributed by atoms with Gasteiger partial charge >= 0.3 is 6.03 Å². The number of allylic oxidation sites excluding steroid dienone is 2. The van der Waals surface area contributed by atoms with Crippen molar-refractivity contribution < 1.29 is 4.79 Å². The molecular weight excluding hydrogens is 492 g/mol. The number of thiocarbonyl (C=S) groups is 1. The number of amides is 2. The summed E-state index contributed by atoms with van der Waals surface area (Å²) in [6, 6.07) is 18.4. The minimum Gasteiger partial charge on any atom is -0.364 e. The topological polar surface area (TPSA) is 84.2 Å². The second-order valence-corrected chi connectivity index (χ2v) is 10.2. The summed E-state index contributed by atoms with van der Waals surface area (Å²) in [5.74, 6) is 0.747. The van der Waals surface area contributed by atoms with Crippen molar-refractivity contribution in [3.8, 4) is 0 Å². The molecule has 8 heteroatoms. The Kier molecular flexibility index (Phi) is 8.41. The van der Waals surface area contributed by atoms with E-state index in [-0.39, 0.29) is 12.1 Å². The summed E-state index contributed by atoms with van der Waals surface area (Å²) >= 11 is 5.98. The number of nitrogens with one attached hydrogen (secondary N) is 5. The molecule has 0 radical (unpaired) electrons. The zero-order chi connectivity index (χ0) is 26.3. The number of piperazine rings is 1. The Morgan fingerprint density at radius 2 is 1.84 bits per heavy atom. The SMILES string of the molecule is CCC1NC(NC(=O)NCCc2c[nH]c3ccccc23)=C(Cc2ccccc2)C=C1C(=S)N1CCNCC1. The van der Waals surface area contributed by atoms with E-state index in [2.05, 4.69) is 68.4 Å². The van der Waals surface area contributed by atoms with Crippen molar-refractivity contribution in [1.29, 1.82) is 0 Å². The van der Waals surface area contributed by atoms with Crippen LogP contribution >= 0.6 is 12.2 Å². The van der Waals surface area contributed by atoms with Gasteiger partial charge in [-0.2, -0.15) is 0 Å². The maximum atomic E-state index is 13.0. The zero-order valence-corrected chi connectivity index (χ0v) is 22.7. The van der Waals surface area contributed by atoms with Crippen LogP contribution in [-0.2, 0) is 12.8 Å². The quantitative estimate of drug-likeness (QED) is 0.286. The summed E-state index contributed by atoms with van der Waals surface area (Å²) in [6.07, 6.45) is 6.53. The van der Waals surface area contributed by atoms with Crippen LogP contribution in [0.4, 0.5) is 4.79 Å². The molecule has 1 unspecified atom stereocenters. The number of rotatable bonds is 8. The molecule has 1 aromatic heterocycles. The molecule has 5 N–H and O–H groups in total. The van der Waals surface area contributed by atoms with Crippen molar-refractivity contribution in [2.24, 2.45) is 0 Å². The first kappa shape index (κ1) is 26.0. The summed E-state index contributed by atoms with van der Waals surface area (Å²) in [6.45, 7) is 6.39. The number of aromatic nitrogens is 1. The van der Waals surface area contributed by atoms with Crippen LogP contribution < -0.4 is 21.3 Å². The Morgan fingerprint density at radius 3 is 2.63 bits per heavy atom. The Bertz CT molecular complexity index is 1340. The molecule has 3 aromatic rings. The number of benzene rings is 2. The standard InChI is InChI=1S/C30H36N6OS/c1-2-26-25(29(38)36-16-14-31-15-17-36)19-23(18-21-8-4-3-5-9-21)28(34-26)35-30(37)32-13-12-22-20-33-27-11-7-6-10-24(22)27/h3-11,19-20,26,31,33-34H,2,12-18H2,1H3,(H2,32,35,37). The third-order valence-corrected chi connectivity index (χ3v) is 7.73. The lowest BCUT2D eigenvalue weighted by molar-refractivity contribution is 0.242. The number of hydrogen-bond donors (Lipinski definition) is 5. The molecule has 2 aromatic carbocycles. The van der Waals surface area contributed by atoms with Gasteiger partial charge < -0.3 is 25.8 Å². The number of nitrogens with zero attached hydrogens (tertiary/aromatic N) is 1. The van der Waals surface area contributed by atoms with Gasteiger partial charge in [-0.25, -0.2) is 4.79 Å². The second-order valence-electron chi connectivity index (χ2n) is 9.80. The van der Waals surface area contributed by atoms with Crippen LogP contribution in [0.1, 0.15) is 24.5 Å². The van der Waals surface area contributed by atoms with E-state index in [1.54, 1.807) is 0 Å². The number of aromatic amines is 1. The van der Waals surface area contributed by atoms with E-state index < -0.39 is 0 Å². The van der Waals surface area contributed by atoms with Crippen LogP contribution in [0.5, 0.6) is 0 Å². The molecule has 7 nitrogen and oxygen atoms in total. The predicted molar refractivity (Wildman–Crippen MR) is 158 cm³/mol. The molecule has 2 aliphatic heterocycles. The number of para-hydroxylation sites is 1. The molecule has 1 atom stereocenters. The summed E-state index contributed by atoms with van der Waals surface area (Å²) in [7, 11) is 0. The molecule has 3 heterocycles. The maximum absolute atomic E-state index is 13.0. The molecule has 198 valence electrons. The van der Waals surface area contributed by atoms with Crippen molar-refractivity contribution >= 4 is 34.1 Å². The Morgan fingerprint density at radius 1 is 1.08 bits per heavy atom. The normalized spacial score (nSPS) is 17.7. The van der Waals surface area contributed by atoms with Crippen LogP contribution in [0.25, 0.3) is 10.9 Å². The average Bonchev–Trinajstić information content (AvgIpc) is 3.37. The van der Waals surface area contributed by atoms with E-state index in [0.29, 0.717) is 13.0 Å². The molecule has 2 amide bonds. The predicted octanol–water partition coefficient (Wildman–Crippen LogP) is 4.00. The average molecular weight is 529 g/mol. The van der Waals surface area contributed by atoms with E-state index in [0.717, 1.165) is 66.5 Å². The van der Waals surface area contributed by atoms with Gasteiger partial charge in [0.15, 0.2) is 0 Å². The van der Waals surface area contributed by atoms with Gasteiger partial charge in [0.25, 0.3) is 0 Å². The van der Waals surface area contributed by atoms with E-state index >= 15 is 0 Å². The van der Waals surface area contributed by atoms with Gasteiger partial charge in [0.1, 0.15) is 10.8 Å². The number of urea groups is 1. The van der Waals surface area contributed by atoms with Gasteiger partial charge in [-0.15, -0.1) is 0 Å². The summed E-state index contributed by atoms with van der Waals surface area (Å²) in [4.78, 5) is 19.5. The lowest BCUT2D eigenvalue weighted by Crippen LogP contribution is -2.50. The highest BCUT2D eigenvalue weighted by atomic mass is 32.1. The van der Waals surface area contributed by atoms with Crippen molar-refractivity contribution in [2.75, 3.05) is 32.7 Å². The summed E-state index contributed by atoms with van der Waals surface area (Å²) in [5.41, 5.74) is 5.64. The van der Waals surface area contributed by atoms with Gasteiger partial charge in [0.2, 0.25) is 0 Å². The van der Waals surface area contributed by atoms with Crippen LogP contribution in [0, 0.1) is 0 Å². The highest BCUT2D eigenvalue weighted by Crippen LogP contribution is 2.25. The first-order chi connectivity index (χ1) is 18.6. The molecule has 1 saturated heterocycles. The molecule has 0 spiro atoms. The molecule has 0 saturated carbocycles.